The normalized spacial score (nSPS) is 21.9. The van der Waals surface area contributed by atoms with Crippen LogP contribution >= 0.6 is 7.82 Å². The van der Waals surface area contributed by atoms with E-state index < -0.39 is 131 Å². The van der Waals surface area contributed by atoms with Gasteiger partial charge in [-0.15, -0.1) is 0 Å². The Morgan fingerprint density at radius 3 is 2.08 bits per heavy atom. The van der Waals surface area contributed by atoms with Crippen molar-refractivity contribution in [2.45, 2.75) is 154 Å². The van der Waals surface area contributed by atoms with Gasteiger partial charge in [-0.05, 0) is 33.1 Å². The molecule has 10 N–H and O–H groups in total. The molecule has 1 fully saturated rings. The third-order valence-corrected chi connectivity index (χ3v) is 9.83. The van der Waals surface area contributed by atoms with Gasteiger partial charge in [-0.1, -0.05) is 39.5 Å². The van der Waals surface area contributed by atoms with Crippen LogP contribution in [0.25, 0.3) is 0 Å². The summed E-state index contributed by atoms with van der Waals surface area (Å²) >= 11 is 0. The standard InChI is InChI=1S/C36H64N5O18P/c1-6-8-10-12-28(45)54-19-24(58-29(46)13-11-9-7-2)20-56-60(52,53)55-17-16-38-27(44)15-14-25(33(37)48)41-34(49)21(3)39-35(50)22(4)57-32-30(40-23(5)43)36(51)59-26(18-42)31(32)47/h21-22,24-26,30-32,36,42,47,51H,6-20H2,1-5H3,(H2,37,48)(H,38,44)(H,39,50)(H,40,43)(H,41,49)(H,52,53)/t21-,22+,24+,25+,26+,30+,31+,32+,36?/m0/s1. The average molecular weight is 886 g/mol. The molecule has 0 aromatic heterocycles. The van der Waals surface area contributed by atoms with Gasteiger partial charge in [0.15, 0.2) is 12.4 Å². The molecule has 10 atom stereocenters. The summed E-state index contributed by atoms with van der Waals surface area (Å²) in [5.41, 5.74) is 5.41. The fourth-order valence-electron chi connectivity index (χ4n) is 5.50. The van der Waals surface area contributed by atoms with Crippen molar-refractivity contribution in [2.24, 2.45) is 5.73 Å². The van der Waals surface area contributed by atoms with Crippen molar-refractivity contribution in [1.82, 2.24) is 21.3 Å². The van der Waals surface area contributed by atoms with Crippen molar-refractivity contribution < 1.29 is 86.3 Å². The lowest BCUT2D eigenvalue weighted by Gasteiger charge is -2.43. The Labute approximate surface area is 349 Å². The molecule has 0 aliphatic carbocycles. The highest BCUT2D eigenvalue weighted by atomic mass is 31.2. The molecule has 1 saturated heterocycles. The number of nitrogens with two attached hydrogens (primary N) is 1. The lowest BCUT2D eigenvalue weighted by molar-refractivity contribution is -0.266. The van der Waals surface area contributed by atoms with Crippen molar-refractivity contribution in [3.05, 3.63) is 0 Å². The molecule has 60 heavy (non-hydrogen) atoms. The molecule has 23 nitrogen and oxygen atoms in total. The maximum absolute atomic E-state index is 12.9. The van der Waals surface area contributed by atoms with E-state index in [9.17, 15) is 58.3 Å². The summed E-state index contributed by atoms with van der Waals surface area (Å²) in [6, 6.07) is -3.97. The van der Waals surface area contributed by atoms with Crippen LogP contribution in [0.5, 0.6) is 0 Å². The van der Waals surface area contributed by atoms with Gasteiger partial charge in [0, 0.05) is 32.7 Å². The molecule has 0 aromatic rings. The first-order chi connectivity index (χ1) is 28.2. The number of ether oxygens (including phenoxy) is 4. The number of unbranched alkanes of at least 4 members (excludes halogenated alkanes) is 4. The van der Waals surface area contributed by atoms with E-state index >= 15 is 0 Å². The zero-order valence-corrected chi connectivity index (χ0v) is 35.7. The molecule has 0 bridgehead atoms. The minimum Gasteiger partial charge on any atom is -0.462 e. The van der Waals surface area contributed by atoms with E-state index in [-0.39, 0.29) is 32.2 Å². The number of amides is 5. The van der Waals surface area contributed by atoms with E-state index in [0.29, 0.717) is 12.8 Å². The smallest absolute Gasteiger partial charge is 0.462 e. The molecule has 0 aromatic carbocycles. The van der Waals surface area contributed by atoms with E-state index in [1.54, 1.807) is 0 Å². The first kappa shape index (κ1) is 54.2. The van der Waals surface area contributed by atoms with Crippen molar-refractivity contribution in [2.75, 3.05) is 33.0 Å². The van der Waals surface area contributed by atoms with Crippen LogP contribution in [-0.4, -0.2) is 150 Å². The highest BCUT2D eigenvalue weighted by molar-refractivity contribution is 7.47. The van der Waals surface area contributed by atoms with E-state index in [1.807, 2.05) is 13.8 Å². The highest BCUT2D eigenvalue weighted by Gasteiger charge is 2.47. The van der Waals surface area contributed by atoms with Crippen LogP contribution in [0.1, 0.15) is 98.8 Å². The third kappa shape index (κ3) is 21.6. The molecule has 24 heteroatoms. The van der Waals surface area contributed by atoms with E-state index in [0.717, 1.165) is 32.6 Å². The van der Waals surface area contributed by atoms with Gasteiger partial charge in [-0.3, -0.25) is 42.6 Å². The Balaban J connectivity index is 2.61. The number of aliphatic hydroxyl groups is 3. The predicted molar refractivity (Wildman–Crippen MR) is 208 cm³/mol. The monoisotopic (exact) mass is 885 g/mol. The van der Waals surface area contributed by atoms with Crippen LogP contribution in [0, 0.1) is 0 Å². The molecule has 1 rings (SSSR count). The number of phosphoric acid groups is 1. The van der Waals surface area contributed by atoms with Gasteiger partial charge < -0.3 is 66.2 Å². The van der Waals surface area contributed by atoms with Gasteiger partial charge in [-0.25, -0.2) is 4.57 Å². The molecule has 1 heterocycles. The van der Waals surface area contributed by atoms with E-state index in [2.05, 4.69) is 21.3 Å². The summed E-state index contributed by atoms with van der Waals surface area (Å²) in [6.07, 6.45) is -4.39. The minimum absolute atomic E-state index is 0.0942. The summed E-state index contributed by atoms with van der Waals surface area (Å²) in [4.78, 5) is 96.4. The maximum atomic E-state index is 12.9. The average Bonchev–Trinajstić information content (AvgIpc) is 3.18. The van der Waals surface area contributed by atoms with Crippen LogP contribution < -0.4 is 27.0 Å². The van der Waals surface area contributed by atoms with Crippen molar-refractivity contribution in [3.63, 3.8) is 0 Å². The van der Waals surface area contributed by atoms with Crippen molar-refractivity contribution in [3.8, 4) is 0 Å². The number of hydrogen-bond acceptors (Lipinski definition) is 17. The quantitative estimate of drug-likeness (QED) is 0.0224. The maximum Gasteiger partial charge on any atom is 0.472 e. The van der Waals surface area contributed by atoms with Crippen molar-refractivity contribution >= 4 is 49.3 Å². The molecule has 0 radical (unpaired) electrons. The molecule has 5 amide bonds. The number of hydrogen-bond donors (Lipinski definition) is 9. The second kappa shape index (κ2) is 28.7. The number of aliphatic hydroxyl groups excluding tert-OH is 3. The molecule has 346 valence electrons. The fraction of sp³-hybridized carbons (Fsp3) is 0.806. The van der Waals surface area contributed by atoms with Gasteiger partial charge >= 0.3 is 19.8 Å². The van der Waals surface area contributed by atoms with Crippen molar-refractivity contribution in [1.29, 1.82) is 0 Å². The van der Waals surface area contributed by atoms with E-state index in [4.69, 9.17) is 33.7 Å². The highest BCUT2D eigenvalue weighted by Crippen LogP contribution is 2.43. The predicted octanol–water partition coefficient (Wildman–Crippen LogP) is -1.54. The zero-order valence-electron chi connectivity index (χ0n) is 34.8. The SMILES string of the molecule is CCCCCC(=O)OC[C@H](COP(=O)(O)OCCNC(=O)CC[C@@H](NC(=O)[C@H](C)NC(=O)[C@@H](C)O[C@H]1[C@H](O)[C@@H](CO)OC(O)[C@@H]1NC(C)=O)C(N)=O)OC(=O)CCCCC. The fourth-order valence-corrected chi connectivity index (χ4v) is 6.25. The number of rotatable bonds is 30. The largest absolute Gasteiger partial charge is 0.472 e. The molecular weight excluding hydrogens is 821 g/mol. The lowest BCUT2D eigenvalue weighted by Crippen LogP contribution is -2.65. The molecule has 0 spiro atoms. The van der Waals surface area contributed by atoms with E-state index in [1.165, 1.54) is 13.8 Å². The minimum atomic E-state index is -4.74. The van der Waals surface area contributed by atoms with Crippen LogP contribution in [0.15, 0.2) is 0 Å². The Kier molecular flexibility index (Phi) is 25.9. The Morgan fingerprint density at radius 2 is 1.50 bits per heavy atom. The summed E-state index contributed by atoms with van der Waals surface area (Å²) in [6.45, 7) is 5.06. The second-order valence-corrected chi connectivity index (χ2v) is 15.6. The number of nitrogens with one attached hydrogen (secondary N) is 4. The molecular formula is C36H64N5O18P. The number of carbonyl (C=O) groups excluding carboxylic acids is 7. The topological polar surface area (TPSA) is 347 Å². The summed E-state index contributed by atoms with van der Waals surface area (Å²) in [7, 11) is -4.74. The first-order valence-electron chi connectivity index (χ1n) is 19.9. The van der Waals surface area contributed by atoms with Gasteiger partial charge in [-0.2, -0.15) is 0 Å². The van der Waals surface area contributed by atoms with Crippen LogP contribution in [-0.2, 0) is 66.1 Å². The van der Waals surface area contributed by atoms with Gasteiger partial charge in [0.2, 0.25) is 29.5 Å². The van der Waals surface area contributed by atoms with Gasteiger partial charge in [0.25, 0.3) is 0 Å². The summed E-state index contributed by atoms with van der Waals surface area (Å²) < 4.78 is 43.5. The molecule has 1 aliphatic heterocycles. The zero-order chi connectivity index (χ0) is 45.4. The second-order valence-electron chi connectivity index (χ2n) is 14.1. The summed E-state index contributed by atoms with van der Waals surface area (Å²) in [5, 5.41) is 39.8. The third-order valence-electron chi connectivity index (χ3n) is 8.84. The molecule has 0 saturated carbocycles. The van der Waals surface area contributed by atoms with Gasteiger partial charge in [0.05, 0.1) is 19.8 Å². The Morgan fingerprint density at radius 1 is 0.867 bits per heavy atom. The van der Waals surface area contributed by atoms with Crippen LogP contribution in [0.3, 0.4) is 0 Å². The number of esters is 2. The van der Waals surface area contributed by atoms with Gasteiger partial charge in [0.1, 0.15) is 49.1 Å². The molecule has 1 aliphatic rings. The lowest BCUT2D eigenvalue weighted by atomic mass is 9.96. The number of primary amides is 1. The number of phosphoric ester groups is 1. The summed E-state index contributed by atoms with van der Waals surface area (Å²) in [5.74, 6) is -5.13. The number of carbonyl (C=O) groups is 7. The van der Waals surface area contributed by atoms with Crippen LogP contribution in [0.4, 0.5) is 0 Å². The van der Waals surface area contributed by atoms with Crippen LogP contribution in [0.2, 0.25) is 0 Å². The molecule has 2 unspecified atom stereocenters. The first-order valence-corrected chi connectivity index (χ1v) is 21.4. The Bertz CT molecular complexity index is 1440. The Hall–Kier alpha value is -3.80.